The summed E-state index contributed by atoms with van der Waals surface area (Å²) in [5.74, 6) is 0.210. The summed E-state index contributed by atoms with van der Waals surface area (Å²) in [6.45, 7) is 1.08. The summed E-state index contributed by atoms with van der Waals surface area (Å²) in [5.41, 5.74) is 0. The maximum atomic E-state index is 12.3. The minimum Gasteiger partial charge on any atom is -0.444 e. The van der Waals surface area contributed by atoms with Gasteiger partial charge in [-0.15, -0.1) is 0 Å². The molecule has 0 spiro atoms. The van der Waals surface area contributed by atoms with E-state index in [-0.39, 0.29) is 18.1 Å². The molecule has 2 rings (SSSR count). The van der Waals surface area contributed by atoms with E-state index in [2.05, 4.69) is 15.9 Å². The Kier molecular flexibility index (Phi) is 4.42. The Hall–Kier alpha value is -0.850. The van der Waals surface area contributed by atoms with E-state index in [0.717, 1.165) is 6.42 Å². The van der Waals surface area contributed by atoms with Crippen LogP contribution in [0.4, 0.5) is 0 Å². The molecule has 0 saturated carbocycles. The predicted octanol–water partition coefficient (Wildman–Crippen LogP) is 1.92. The molecule has 0 aromatic carbocycles. The zero-order chi connectivity index (χ0) is 13.1. The fourth-order valence-corrected chi connectivity index (χ4v) is 2.52. The number of nitrogens with zero attached hydrogens (tertiary/aromatic N) is 1. The number of hydrogen-bond donors (Lipinski definition) is 0. The maximum absolute atomic E-state index is 12.3. The van der Waals surface area contributed by atoms with Crippen molar-refractivity contribution in [2.45, 2.75) is 18.6 Å². The van der Waals surface area contributed by atoms with Crippen molar-refractivity contribution in [1.82, 2.24) is 4.90 Å². The number of furan rings is 1. The molecule has 100 valence electrons. The van der Waals surface area contributed by atoms with Gasteiger partial charge < -0.3 is 18.8 Å². The first-order chi connectivity index (χ1) is 8.65. The van der Waals surface area contributed by atoms with Gasteiger partial charge in [0.1, 0.15) is 0 Å². The Morgan fingerprint density at radius 2 is 2.33 bits per heavy atom. The minimum atomic E-state index is -0.123. The lowest BCUT2D eigenvalue weighted by atomic mass is 10.2. The van der Waals surface area contributed by atoms with E-state index in [4.69, 9.17) is 13.9 Å². The molecule has 1 aliphatic rings. The van der Waals surface area contributed by atoms with Gasteiger partial charge in [-0.1, -0.05) is 0 Å². The average molecular weight is 318 g/mol. The van der Waals surface area contributed by atoms with Gasteiger partial charge in [-0.2, -0.15) is 0 Å². The van der Waals surface area contributed by atoms with Gasteiger partial charge in [0.15, 0.2) is 10.4 Å². The molecule has 0 bridgehead atoms. The van der Waals surface area contributed by atoms with Crippen molar-refractivity contribution in [2.75, 3.05) is 27.4 Å². The highest BCUT2D eigenvalue weighted by Crippen LogP contribution is 2.24. The van der Waals surface area contributed by atoms with E-state index < -0.39 is 0 Å². The number of carbonyl (C=O) groups is 1. The number of halogens is 1. The molecule has 2 atom stereocenters. The highest BCUT2D eigenvalue weighted by Gasteiger charge is 2.36. The zero-order valence-electron chi connectivity index (χ0n) is 10.4. The third kappa shape index (κ3) is 2.76. The number of methoxy groups -OCH3 is 2. The number of likely N-dealkylation sites (tertiary alicyclic amines) is 1. The summed E-state index contributed by atoms with van der Waals surface area (Å²) in [6.07, 6.45) is 0.852. The van der Waals surface area contributed by atoms with E-state index in [1.807, 2.05) is 0 Å². The molecular formula is C12H16BrNO4. The van der Waals surface area contributed by atoms with Crippen LogP contribution in [0.15, 0.2) is 21.2 Å². The van der Waals surface area contributed by atoms with Crippen LogP contribution in [0.1, 0.15) is 17.0 Å². The predicted molar refractivity (Wildman–Crippen MR) is 68.5 cm³/mol. The van der Waals surface area contributed by atoms with E-state index in [1.165, 1.54) is 0 Å². The van der Waals surface area contributed by atoms with Crippen molar-refractivity contribution in [3.05, 3.63) is 22.6 Å². The molecule has 1 fully saturated rings. The first kappa shape index (κ1) is 13.6. The monoisotopic (exact) mass is 317 g/mol. The minimum absolute atomic E-state index is 0.0383. The molecule has 1 amide bonds. The van der Waals surface area contributed by atoms with Crippen LogP contribution in [0.25, 0.3) is 0 Å². The molecule has 2 heterocycles. The van der Waals surface area contributed by atoms with Crippen molar-refractivity contribution >= 4 is 21.8 Å². The molecule has 1 saturated heterocycles. The standard InChI is InChI=1S/C12H16BrNO4/c1-16-7-8-5-9(17-2)6-14(8)12(15)10-3-4-11(13)18-10/h3-4,8-9H,5-7H2,1-2H3/t8-,9+/m0/s1. The van der Waals surface area contributed by atoms with Gasteiger partial charge in [-0.3, -0.25) is 4.79 Å². The summed E-state index contributed by atoms with van der Waals surface area (Å²) in [7, 11) is 3.29. The molecule has 0 radical (unpaired) electrons. The Balaban J connectivity index is 2.12. The Morgan fingerprint density at radius 1 is 1.56 bits per heavy atom. The molecule has 5 nitrogen and oxygen atoms in total. The van der Waals surface area contributed by atoms with Crippen molar-refractivity contribution in [3.8, 4) is 0 Å². The summed E-state index contributed by atoms with van der Waals surface area (Å²) in [5, 5.41) is 0. The number of amides is 1. The van der Waals surface area contributed by atoms with Gasteiger partial charge in [-0.25, -0.2) is 0 Å². The topological polar surface area (TPSA) is 51.9 Å². The van der Waals surface area contributed by atoms with Crippen LogP contribution in [-0.4, -0.2) is 50.3 Å². The lowest BCUT2D eigenvalue weighted by Crippen LogP contribution is -2.38. The van der Waals surface area contributed by atoms with Gasteiger partial charge in [-0.05, 0) is 34.5 Å². The summed E-state index contributed by atoms with van der Waals surface area (Å²) in [4.78, 5) is 14.1. The van der Waals surface area contributed by atoms with Crippen LogP contribution in [-0.2, 0) is 9.47 Å². The van der Waals surface area contributed by atoms with Crippen LogP contribution in [0.3, 0.4) is 0 Å². The smallest absolute Gasteiger partial charge is 0.290 e. The second-order valence-electron chi connectivity index (χ2n) is 4.26. The molecule has 0 aliphatic carbocycles. The Morgan fingerprint density at radius 3 is 2.89 bits per heavy atom. The van der Waals surface area contributed by atoms with E-state index >= 15 is 0 Å². The number of ether oxygens (including phenoxy) is 2. The molecule has 6 heteroatoms. The summed E-state index contributed by atoms with van der Waals surface area (Å²) >= 11 is 3.19. The van der Waals surface area contributed by atoms with Crippen LogP contribution < -0.4 is 0 Å². The van der Waals surface area contributed by atoms with Crippen LogP contribution >= 0.6 is 15.9 Å². The van der Waals surface area contributed by atoms with Crippen LogP contribution in [0, 0.1) is 0 Å². The number of hydrogen-bond acceptors (Lipinski definition) is 4. The molecule has 18 heavy (non-hydrogen) atoms. The maximum Gasteiger partial charge on any atom is 0.290 e. The fraction of sp³-hybridized carbons (Fsp3) is 0.583. The highest BCUT2D eigenvalue weighted by molar-refractivity contribution is 9.10. The normalized spacial score (nSPS) is 23.6. The van der Waals surface area contributed by atoms with Gasteiger partial charge in [0.05, 0.1) is 18.8 Å². The lowest BCUT2D eigenvalue weighted by molar-refractivity contribution is 0.0581. The van der Waals surface area contributed by atoms with E-state index in [9.17, 15) is 4.79 Å². The van der Waals surface area contributed by atoms with Crippen molar-refractivity contribution < 1.29 is 18.7 Å². The third-order valence-corrected chi connectivity index (χ3v) is 3.54. The highest BCUT2D eigenvalue weighted by atomic mass is 79.9. The van der Waals surface area contributed by atoms with E-state index in [0.29, 0.717) is 23.6 Å². The fourth-order valence-electron chi connectivity index (χ4n) is 2.21. The van der Waals surface area contributed by atoms with Gasteiger partial charge in [0, 0.05) is 20.8 Å². The Labute approximate surface area is 114 Å². The quantitative estimate of drug-likeness (QED) is 0.851. The number of carbonyl (C=O) groups excluding carboxylic acids is 1. The van der Waals surface area contributed by atoms with Gasteiger partial charge in [0.2, 0.25) is 0 Å². The number of rotatable bonds is 4. The third-order valence-electron chi connectivity index (χ3n) is 3.11. The second kappa shape index (κ2) is 5.86. The van der Waals surface area contributed by atoms with E-state index in [1.54, 1.807) is 31.3 Å². The first-order valence-corrected chi connectivity index (χ1v) is 6.53. The second-order valence-corrected chi connectivity index (χ2v) is 5.05. The largest absolute Gasteiger partial charge is 0.444 e. The molecular weight excluding hydrogens is 302 g/mol. The molecule has 0 unspecified atom stereocenters. The van der Waals surface area contributed by atoms with Crippen LogP contribution in [0.5, 0.6) is 0 Å². The lowest BCUT2D eigenvalue weighted by Gasteiger charge is -2.22. The van der Waals surface area contributed by atoms with Crippen molar-refractivity contribution in [3.63, 3.8) is 0 Å². The van der Waals surface area contributed by atoms with Crippen LogP contribution in [0.2, 0.25) is 0 Å². The molecule has 1 aromatic rings. The Bertz CT molecular complexity index is 420. The SMILES string of the molecule is COC[C@@H]1C[C@@H](OC)CN1C(=O)c1ccc(Br)o1. The molecule has 0 N–H and O–H groups in total. The molecule has 1 aliphatic heterocycles. The van der Waals surface area contributed by atoms with Gasteiger partial charge >= 0.3 is 0 Å². The summed E-state index contributed by atoms with van der Waals surface area (Å²) in [6, 6.07) is 3.41. The van der Waals surface area contributed by atoms with Gasteiger partial charge in [0.25, 0.3) is 5.91 Å². The van der Waals surface area contributed by atoms with Crippen molar-refractivity contribution in [1.29, 1.82) is 0 Å². The summed E-state index contributed by atoms with van der Waals surface area (Å²) < 4.78 is 16.3. The average Bonchev–Trinajstić information content (AvgIpc) is 2.95. The molecule has 1 aromatic heterocycles. The first-order valence-electron chi connectivity index (χ1n) is 5.73. The van der Waals surface area contributed by atoms with Crippen molar-refractivity contribution in [2.24, 2.45) is 0 Å². The zero-order valence-corrected chi connectivity index (χ0v) is 12.0.